The second kappa shape index (κ2) is 6.50. The van der Waals surface area contributed by atoms with Gasteiger partial charge in [-0.3, -0.25) is 9.78 Å². The molecule has 1 amide bonds. The quantitative estimate of drug-likeness (QED) is 0.554. The molecule has 30 heavy (non-hydrogen) atoms. The van der Waals surface area contributed by atoms with Crippen molar-refractivity contribution in [2.45, 2.75) is 44.1 Å². The molecule has 154 valence electrons. The second-order valence-corrected chi connectivity index (χ2v) is 10.6. The highest BCUT2D eigenvalue weighted by Gasteiger charge is 2.61. The van der Waals surface area contributed by atoms with E-state index in [1.807, 2.05) is 28.9 Å². The third-order valence-electron chi connectivity index (χ3n) is 7.43. The Hall–Kier alpha value is -1.99. The molecule has 4 fully saturated rings. The first-order valence-electron chi connectivity index (χ1n) is 10.4. The summed E-state index contributed by atoms with van der Waals surface area (Å²) in [6.45, 7) is 0. The Morgan fingerprint density at radius 3 is 2.70 bits per heavy atom. The molecule has 2 heterocycles. The summed E-state index contributed by atoms with van der Waals surface area (Å²) in [5.41, 5.74) is 1.05. The molecular formula is C22H21BrClN5O. The molecule has 1 aromatic carbocycles. The van der Waals surface area contributed by atoms with Crippen LogP contribution in [0, 0.1) is 17.3 Å². The summed E-state index contributed by atoms with van der Waals surface area (Å²) < 4.78 is 2.92. The van der Waals surface area contributed by atoms with Crippen molar-refractivity contribution in [3.63, 3.8) is 0 Å². The van der Waals surface area contributed by atoms with Crippen molar-refractivity contribution >= 4 is 50.0 Å². The van der Waals surface area contributed by atoms with E-state index in [4.69, 9.17) is 11.6 Å². The van der Waals surface area contributed by atoms with Gasteiger partial charge in [-0.1, -0.05) is 22.0 Å². The minimum atomic E-state index is -0.378. The highest BCUT2D eigenvalue weighted by Crippen LogP contribution is 2.64. The van der Waals surface area contributed by atoms with Crippen LogP contribution in [0.25, 0.3) is 10.9 Å². The van der Waals surface area contributed by atoms with Crippen LogP contribution >= 0.6 is 27.5 Å². The molecule has 0 spiro atoms. The summed E-state index contributed by atoms with van der Waals surface area (Å²) in [6, 6.07) is 7.82. The highest BCUT2D eigenvalue weighted by molar-refractivity contribution is 9.10. The third-order valence-corrected chi connectivity index (χ3v) is 8.29. The van der Waals surface area contributed by atoms with Gasteiger partial charge in [-0.05, 0) is 80.2 Å². The van der Waals surface area contributed by atoms with E-state index in [1.165, 1.54) is 6.42 Å². The summed E-state index contributed by atoms with van der Waals surface area (Å²) in [5, 5.41) is 8.97. The number of rotatable bonds is 3. The van der Waals surface area contributed by atoms with Crippen LogP contribution < -0.4 is 5.32 Å². The number of nitrogens with zero attached hydrogens (tertiary/aromatic N) is 4. The first-order chi connectivity index (χ1) is 14.5. The number of amides is 1. The smallest absolute Gasteiger partial charge is 0.242 e. The first kappa shape index (κ1) is 18.8. The Bertz CT molecular complexity index is 1160. The molecule has 3 aromatic rings. The molecule has 2 aromatic heterocycles. The zero-order chi connectivity index (χ0) is 20.5. The van der Waals surface area contributed by atoms with Gasteiger partial charge in [-0.2, -0.15) is 0 Å². The fourth-order valence-corrected chi connectivity index (χ4v) is 7.29. The Balaban J connectivity index is 1.37. The SMILES string of the molecule is O=C(Nc1ccc(Br)c2cccnc12)C12C[C@H]3C[C@H](C1)CC(n1cnc(Cl)n1)(C3)C2. The van der Waals surface area contributed by atoms with Crippen LogP contribution in [0.5, 0.6) is 0 Å². The Labute approximate surface area is 187 Å². The van der Waals surface area contributed by atoms with Gasteiger partial charge in [-0.15, -0.1) is 5.10 Å². The number of pyridine rings is 1. The summed E-state index contributed by atoms with van der Waals surface area (Å²) in [7, 11) is 0. The molecule has 0 unspecified atom stereocenters. The lowest BCUT2D eigenvalue weighted by molar-refractivity contribution is -0.150. The van der Waals surface area contributed by atoms with Crippen LogP contribution in [0.15, 0.2) is 41.3 Å². The Kier molecular flexibility index (Phi) is 4.06. The molecule has 4 bridgehead atoms. The lowest BCUT2D eigenvalue weighted by Crippen LogP contribution is -2.60. The number of aromatic nitrogens is 4. The fraction of sp³-hybridized carbons (Fsp3) is 0.455. The van der Waals surface area contributed by atoms with Gasteiger partial charge in [0.25, 0.3) is 0 Å². The van der Waals surface area contributed by atoms with Crippen LogP contribution in [0.3, 0.4) is 0 Å². The van der Waals surface area contributed by atoms with Crippen LogP contribution in [0.2, 0.25) is 5.28 Å². The van der Waals surface area contributed by atoms with Gasteiger partial charge in [0.05, 0.1) is 22.2 Å². The number of anilines is 1. The van der Waals surface area contributed by atoms with Crippen LogP contribution in [-0.2, 0) is 10.3 Å². The number of nitrogens with one attached hydrogen (secondary N) is 1. The number of hydrogen-bond acceptors (Lipinski definition) is 4. The molecule has 4 aliphatic rings. The van der Waals surface area contributed by atoms with Gasteiger partial charge in [0.2, 0.25) is 11.2 Å². The van der Waals surface area contributed by atoms with E-state index < -0.39 is 0 Å². The molecule has 0 radical (unpaired) electrons. The zero-order valence-electron chi connectivity index (χ0n) is 16.3. The molecule has 8 heteroatoms. The summed E-state index contributed by atoms with van der Waals surface area (Å²) in [4.78, 5) is 22.4. The van der Waals surface area contributed by atoms with Crippen molar-refractivity contribution in [3.8, 4) is 0 Å². The number of fused-ring (bicyclic) bond motifs is 1. The molecule has 0 saturated heterocycles. The maximum atomic E-state index is 13.8. The standard InChI is InChI=1S/C22H21BrClN5O/c23-16-3-4-17(18-15(16)2-1-5-25-18)27-19(30)21-7-13-6-14(8-21)10-22(9-13,11-21)29-12-26-20(24)28-29/h1-5,12-14H,6-11H2,(H,27,30)/t13-,14-,21?,22?/m1/s1. The van der Waals surface area contributed by atoms with Crippen LogP contribution in [0.1, 0.15) is 38.5 Å². The van der Waals surface area contributed by atoms with Crippen molar-refractivity contribution in [1.82, 2.24) is 19.7 Å². The maximum Gasteiger partial charge on any atom is 0.242 e. The molecule has 1 N–H and O–H groups in total. The highest BCUT2D eigenvalue weighted by atomic mass is 79.9. The van der Waals surface area contributed by atoms with Crippen molar-refractivity contribution in [2.24, 2.45) is 17.3 Å². The van der Waals surface area contributed by atoms with Gasteiger partial charge in [0, 0.05) is 16.1 Å². The van der Waals surface area contributed by atoms with Gasteiger partial charge in [-0.25, -0.2) is 9.67 Å². The molecule has 2 atom stereocenters. The van der Waals surface area contributed by atoms with E-state index in [0.29, 0.717) is 11.8 Å². The average molecular weight is 487 g/mol. The minimum Gasteiger partial charge on any atom is -0.324 e. The molecule has 0 aliphatic heterocycles. The summed E-state index contributed by atoms with van der Waals surface area (Å²) in [6.07, 6.45) is 9.51. The van der Waals surface area contributed by atoms with Crippen molar-refractivity contribution in [1.29, 1.82) is 0 Å². The van der Waals surface area contributed by atoms with E-state index >= 15 is 0 Å². The molecular weight excluding hydrogens is 466 g/mol. The first-order valence-corrected chi connectivity index (χ1v) is 11.6. The number of halogens is 2. The predicted octanol–water partition coefficient (Wildman–Crippen LogP) is 5.18. The second-order valence-electron chi connectivity index (χ2n) is 9.37. The van der Waals surface area contributed by atoms with Crippen LogP contribution in [0.4, 0.5) is 5.69 Å². The van der Waals surface area contributed by atoms with E-state index in [9.17, 15) is 4.79 Å². The number of hydrogen-bond donors (Lipinski definition) is 1. The number of carbonyl (C=O) groups excluding carboxylic acids is 1. The van der Waals surface area contributed by atoms with Crippen molar-refractivity contribution < 1.29 is 4.79 Å². The number of carbonyl (C=O) groups is 1. The van der Waals surface area contributed by atoms with Crippen LogP contribution in [-0.4, -0.2) is 25.7 Å². The van der Waals surface area contributed by atoms with Crippen molar-refractivity contribution in [2.75, 3.05) is 5.32 Å². The molecule has 7 rings (SSSR count). The monoisotopic (exact) mass is 485 g/mol. The molecule has 6 nitrogen and oxygen atoms in total. The van der Waals surface area contributed by atoms with Gasteiger partial charge >= 0.3 is 0 Å². The maximum absolute atomic E-state index is 13.8. The minimum absolute atomic E-state index is 0.112. The lowest BCUT2D eigenvalue weighted by Gasteiger charge is -2.60. The van der Waals surface area contributed by atoms with Gasteiger partial charge in [0.1, 0.15) is 6.33 Å². The van der Waals surface area contributed by atoms with E-state index in [2.05, 4.69) is 36.3 Å². The van der Waals surface area contributed by atoms with E-state index in [0.717, 1.165) is 53.2 Å². The van der Waals surface area contributed by atoms with E-state index in [-0.39, 0.29) is 22.1 Å². The fourth-order valence-electron chi connectivity index (χ4n) is 6.71. The van der Waals surface area contributed by atoms with Gasteiger partial charge in [0.15, 0.2) is 0 Å². The third kappa shape index (κ3) is 2.74. The number of benzene rings is 1. The normalized spacial score (nSPS) is 31.9. The largest absolute Gasteiger partial charge is 0.324 e. The average Bonchev–Trinajstić information content (AvgIpc) is 3.17. The zero-order valence-corrected chi connectivity index (χ0v) is 18.7. The lowest BCUT2D eigenvalue weighted by atomic mass is 9.46. The predicted molar refractivity (Wildman–Crippen MR) is 118 cm³/mol. The molecule has 4 saturated carbocycles. The summed E-state index contributed by atoms with van der Waals surface area (Å²) in [5.74, 6) is 1.20. The van der Waals surface area contributed by atoms with Gasteiger partial charge < -0.3 is 5.32 Å². The topological polar surface area (TPSA) is 72.7 Å². The van der Waals surface area contributed by atoms with E-state index in [1.54, 1.807) is 12.5 Å². The molecule has 4 aliphatic carbocycles. The summed E-state index contributed by atoms with van der Waals surface area (Å²) >= 11 is 9.62. The Morgan fingerprint density at radius 1 is 1.17 bits per heavy atom. The Morgan fingerprint density at radius 2 is 1.97 bits per heavy atom. The van der Waals surface area contributed by atoms with Crippen molar-refractivity contribution in [3.05, 3.63) is 46.5 Å².